The van der Waals surface area contributed by atoms with Gasteiger partial charge in [-0.3, -0.25) is 0 Å². The van der Waals surface area contributed by atoms with E-state index >= 15 is 0 Å². The molecule has 0 saturated carbocycles. The summed E-state index contributed by atoms with van der Waals surface area (Å²) < 4.78 is 11.8. The van der Waals surface area contributed by atoms with E-state index in [1.807, 2.05) is 18.2 Å². The van der Waals surface area contributed by atoms with Crippen molar-refractivity contribution in [2.75, 3.05) is 0 Å². The van der Waals surface area contributed by atoms with Crippen molar-refractivity contribution in [2.24, 2.45) is 0 Å². The van der Waals surface area contributed by atoms with Crippen molar-refractivity contribution >= 4 is 0 Å². The summed E-state index contributed by atoms with van der Waals surface area (Å²) in [6.07, 6.45) is 5.64. The zero-order valence-electron chi connectivity index (χ0n) is 9.43. The zero-order valence-corrected chi connectivity index (χ0v) is 9.43. The first-order valence-electron chi connectivity index (χ1n) is 5.78. The highest BCUT2D eigenvalue weighted by Crippen LogP contribution is 2.39. The molecule has 1 fully saturated rings. The second-order valence-corrected chi connectivity index (χ2v) is 4.77. The minimum atomic E-state index is -0.144. The van der Waals surface area contributed by atoms with E-state index in [0.717, 1.165) is 6.42 Å². The third-order valence-electron chi connectivity index (χ3n) is 3.44. The summed E-state index contributed by atoms with van der Waals surface area (Å²) in [6, 6.07) is 10.3. The van der Waals surface area contributed by atoms with E-state index in [0.29, 0.717) is 6.61 Å². The van der Waals surface area contributed by atoms with Crippen molar-refractivity contribution in [3.8, 4) is 0 Å². The molecule has 0 N–H and O–H groups in total. The molecule has 2 bridgehead atoms. The molecule has 0 aliphatic carbocycles. The standard InChI is InChI=1S/C14H16O2/c1-14(9-12-7-8-13(14)16-12)15-10-11-5-3-2-4-6-11/h2-8,12-13H,9-10H2,1H3/t12-,13+,14+/m0/s1. The van der Waals surface area contributed by atoms with Crippen LogP contribution in [-0.4, -0.2) is 17.8 Å². The maximum Gasteiger partial charge on any atom is 0.105 e. The molecule has 84 valence electrons. The summed E-state index contributed by atoms with van der Waals surface area (Å²) in [6.45, 7) is 2.81. The van der Waals surface area contributed by atoms with Crippen LogP contribution in [0.15, 0.2) is 42.5 Å². The monoisotopic (exact) mass is 216 g/mol. The second kappa shape index (κ2) is 3.72. The van der Waals surface area contributed by atoms with Crippen LogP contribution in [-0.2, 0) is 16.1 Å². The Labute approximate surface area is 95.9 Å². The molecule has 2 aliphatic rings. The van der Waals surface area contributed by atoms with Gasteiger partial charge in [0.25, 0.3) is 0 Å². The van der Waals surface area contributed by atoms with Crippen molar-refractivity contribution < 1.29 is 9.47 Å². The fourth-order valence-electron chi connectivity index (χ4n) is 2.45. The van der Waals surface area contributed by atoms with Gasteiger partial charge in [-0.05, 0) is 12.5 Å². The second-order valence-electron chi connectivity index (χ2n) is 4.77. The van der Waals surface area contributed by atoms with Crippen LogP contribution in [0.5, 0.6) is 0 Å². The van der Waals surface area contributed by atoms with E-state index in [-0.39, 0.29) is 17.8 Å². The molecule has 0 unspecified atom stereocenters. The van der Waals surface area contributed by atoms with Crippen LogP contribution in [0.1, 0.15) is 18.9 Å². The zero-order chi connectivity index (χ0) is 11.0. The van der Waals surface area contributed by atoms with Crippen LogP contribution in [0.3, 0.4) is 0 Å². The summed E-state index contributed by atoms with van der Waals surface area (Å²) in [4.78, 5) is 0. The van der Waals surface area contributed by atoms with Gasteiger partial charge in [-0.2, -0.15) is 0 Å². The first-order chi connectivity index (χ1) is 7.76. The van der Waals surface area contributed by atoms with Crippen LogP contribution in [0, 0.1) is 0 Å². The van der Waals surface area contributed by atoms with Crippen molar-refractivity contribution in [2.45, 2.75) is 37.8 Å². The molecular formula is C14H16O2. The quantitative estimate of drug-likeness (QED) is 0.723. The molecule has 16 heavy (non-hydrogen) atoms. The minimum absolute atomic E-state index is 0.140. The van der Waals surface area contributed by atoms with Crippen molar-refractivity contribution in [3.05, 3.63) is 48.0 Å². The van der Waals surface area contributed by atoms with Gasteiger partial charge in [0.1, 0.15) is 6.10 Å². The van der Waals surface area contributed by atoms with Gasteiger partial charge in [0.05, 0.1) is 18.3 Å². The summed E-state index contributed by atoms with van der Waals surface area (Å²) in [5.41, 5.74) is 1.07. The molecule has 3 rings (SSSR count). The van der Waals surface area contributed by atoms with Crippen LogP contribution in [0.25, 0.3) is 0 Å². The Bertz CT molecular complexity index is 398. The molecule has 0 radical (unpaired) electrons. The van der Waals surface area contributed by atoms with Crippen LogP contribution in [0.2, 0.25) is 0 Å². The molecule has 1 saturated heterocycles. The maximum atomic E-state index is 6.03. The lowest BCUT2D eigenvalue weighted by Gasteiger charge is -2.29. The van der Waals surface area contributed by atoms with Gasteiger partial charge < -0.3 is 9.47 Å². The molecule has 2 aliphatic heterocycles. The molecule has 1 aromatic carbocycles. The van der Waals surface area contributed by atoms with Gasteiger partial charge >= 0.3 is 0 Å². The normalized spacial score (nSPS) is 35.8. The topological polar surface area (TPSA) is 18.5 Å². The van der Waals surface area contributed by atoms with E-state index in [1.54, 1.807) is 0 Å². The van der Waals surface area contributed by atoms with Gasteiger partial charge in [-0.25, -0.2) is 0 Å². The minimum Gasteiger partial charge on any atom is -0.367 e. The summed E-state index contributed by atoms with van der Waals surface area (Å²) in [7, 11) is 0. The van der Waals surface area contributed by atoms with Gasteiger partial charge in [0.15, 0.2) is 0 Å². The van der Waals surface area contributed by atoms with Crippen LogP contribution in [0.4, 0.5) is 0 Å². The fourth-order valence-corrected chi connectivity index (χ4v) is 2.45. The Morgan fingerprint density at radius 3 is 2.75 bits per heavy atom. The Kier molecular flexibility index (Phi) is 2.34. The summed E-state index contributed by atoms with van der Waals surface area (Å²) in [5, 5.41) is 0. The Morgan fingerprint density at radius 2 is 2.12 bits per heavy atom. The first-order valence-corrected chi connectivity index (χ1v) is 5.78. The van der Waals surface area contributed by atoms with E-state index in [4.69, 9.17) is 9.47 Å². The van der Waals surface area contributed by atoms with Gasteiger partial charge in [-0.15, -0.1) is 0 Å². The molecule has 2 heterocycles. The van der Waals surface area contributed by atoms with Crippen molar-refractivity contribution in [1.29, 1.82) is 0 Å². The van der Waals surface area contributed by atoms with Crippen molar-refractivity contribution in [1.82, 2.24) is 0 Å². The summed E-state index contributed by atoms with van der Waals surface area (Å²) >= 11 is 0. The number of hydrogen-bond acceptors (Lipinski definition) is 2. The fraction of sp³-hybridized carbons (Fsp3) is 0.429. The molecule has 2 nitrogen and oxygen atoms in total. The van der Waals surface area contributed by atoms with Crippen molar-refractivity contribution in [3.63, 3.8) is 0 Å². The Balaban J connectivity index is 1.66. The van der Waals surface area contributed by atoms with E-state index in [2.05, 4.69) is 31.2 Å². The van der Waals surface area contributed by atoms with Gasteiger partial charge in [0.2, 0.25) is 0 Å². The predicted octanol–water partition coefficient (Wildman–Crippen LogP) is 2.69. The van der Waals surface area contributed by atoms with Crippen LogP contribution >= 0.6 is 0 Å². The summed E-state index contributed by atoms with van der Waals surface area (Å²) in [5.74, 6) is 0. The molecule has 0 amide bonds. The van der Waals surface area contributed by atoms with E-state index < -0.39 is 0 Å². The highest BCUT2D eigenvalue weighted by molar-refractivity contribution is 5.18. The highest BCUT2D eigenvalue weighted by Gasteiger charge is 2.47. The van der Waals surface area contributed by atoms with Gasteiger partial charge in [0, 0.05) is 6.42 Å². The number of benzene rings is 1. The molecule has 2 heteroatoms. The molecular weight excluding hydrogens is 200 g/mol. The molecule has 1 aromatic rings. The maximum absolute atomic E-state index is 6.03. The number of ether oxygens (including phenoxy) is 2. The molecule has 0 aromatic heterocycles. The smallest absolute Gasteiger partial charge is 0.105 e. The van der Waals surface area contributed by atoms with Crippen LogP contribution < -0.4 is 0 Å². The SMILES string of the molecule is C[C@@]1(OCc2ccccc2)C[C@@H]2C=C[C@H]1O2. The predicted molar refractivity (Wildman–Crippen MR) is 62.1 cm³/mol. The Morgan fingerprint density at radius 1 is 1.31 bits per heavy atom. The third-order valence-corrected chi connectivity index (χ3v) is 3.44. The largest absolute Gasteiger partial charge is 0.367 e. The highest BCUT2D eigenvalue weighted by atomic mass is 16.6. The Hall–Kier alpha value is -1.12. The number of fused-ring (bicyclic) bond motifs is 2. The third kappa shape index (κ3) is 1.68. The lowest BCUT2D eigenvalue weighted by molar-refractivity contribution is -0.0706. The lowest BCUT2D eigenvalue weighted by atomic mass is 9.91. The average molecular weight is 216 g/mol. The molecule has 0 spiro atoms. The lowest BCUT2D eigenvalue weighted by Crippen LogP contribution is -2.37. The average Bonchev–Trinajstić information content (AvgIpc) is 2.88. The molecule has 3 atom stereocenters. The number of rotatable bonds is 3. The van der Waals surface area contributed by atoms with E-state index in [9.17, 15) is 0 Å². The number of hydrogen-bond donors (Lipinski definition) is 0. The van der Waals surface area contributed by atoms with Gasteiger partial charge in [-0.1, -0.05) is 42.5 Å². The van der Waals surface area contributed by atoms with E-state index in [1.165, 1.54) is 5.56 Å². The first kappa shape index (κ1) is 10.1.